The van der Waals surface area contributed by atoms with Crippen molar-refractivity contribution >= 4 is 17.8 Å². The molecule has 192 valence electrons. The zero-order valence-electron chi connectivity index (χ0n) is 22.9. The molecule has 0 aromatic carbocycles. The molecule has 33 heavy (non-hydrogen) atoms. The van der Waals surface area contributed by atoms with Crippen LogP contribution in [0.3, 0.4) is 0 Å². The van der Waals surface area contributed by atoms with Crippen molar-refractivity contribution in [2.24, 2.45) is 11.8 Å². The average molecular weight is 468 g/mol. The summed E-state index contributed by atoms with van der Waals surface area (Å²) in [6.07, 6.45) is 3.58. The molecule has 7 heteroatoms. The van der Waals surface area contributed by atoms with Crippen LogP contribution in [0.25, 0.3) is 0 Å². The van der Waals surface area contributed by atoms with Crippen molar-refractivity contribution in [1.29, 1.82) is 0 Å². The number of nitrogens with one attached hydrogen (secondary N) is 2. The molecule has 0 rings (SSSR count). The summed E-state index contributed by atoms with van der Waals surface area (Å²) < 4.78 is 5.10. The van der Waals surface area contributed by atoms with Crippen LogP contribution in [-0.2, 0) is 19.1 Å². The minimum Gasteiger partial charge on any atom is -0.463 e. The van der Waals surface area contributed by atoms with Gasteiger partial charge in [-0.1, -0.05) is 47.6 Å². The van der Waals surface area contributed by atoms with E-state index >= 15 is 0 Å². The molecule has 2 N–H and O–H groups in total. The third kappa shape index (κ3) is 9.48. The largest absolute Gasteiger partial charge is 0.463 e. The van der Waals surface area contributed by atoms with E-state index in [1.807, 2.05) is 55.4 Å². The maximum Gasteiger partial charge on any atom is 0.333 e. The average Bonchev–Trinajstić information content (AvgIpc) is 2.73. The molecule has 0 aromatic heterocycles. The highest BCUT2D eigenvalue weighted by atomic mass is 16.5. The number of likely N-dealkylation sites (N-methyl/N-ethyl adjacent to an activating group) is 1. The lowest BCUT2D eigenvalue weighted by Gasteiger charge is -2.37. The smallest absolute Gasteiger partial charge is 0.333 e. The van der Waals surface area contributed by atoms with E-state index in [9.17, 15) is 14.4 Å². The van der Waals surface area contributed by atoms with Gasteiger partial charge in [0, 0.05) is 18.7 Å². The van der Waals surface area contributed by atoms with E-state index in [4.69, 9.17) is 4.74 Å². The van der Waals surface area contributed by atoms with E-state index in [1.165, 1.54) is 0 Å². The van der Waals surface area contributed by atoms with Gasteiger partial charge in [-0.2, -0.15) is 0 Å². The Bertz CT molecular complexity index is 666. The molecule has 0 bridgehead atoms. The number of ether oxygens (including phenoxy) is 1. The number of hydrogen-bond acceptors (Lipinski definition) is 5. The Labute approximate surface area is 202 Å². The predicted octanol–water partition coefficient (Wildman–Crippen LogP) is 4.07. The minimum absolute atomic E-state index is 0.0757. The molecule has 0 fully saturated rings. The van der Waals surface area contributed by atoms with Crippen LogP contribution in [0.2, 0.25) is 0 Å². The molecule has 0 radical (unpaired) electrons. The fourth-order valence-corrected chi connectivity index (χ4v) is 4.10. The first kappa shape index (κ1) is 31.1. The molecule has 2 amide bonds. The SMILES string of the molecule is CCOC(=O)C(C)=C[C@H](C(C)C)N(C)C(=O)[C@H](CC(C)C)NC(=O)C(CC)(CC)NC(C)C. The summed E-state index contributed by atoms with van der Waals surface area (Å²) in [6, 6.07) is -0.810. The van der Waals surface area contributed by atoms with Gasteiger partial charge in [0.15, 0.2) is 0 Å². The molecule has 2 atom stereocenters. The molecule has 0 spiro atoms. The third-order valence-electron chi connectivity index (χ3n) is 6.01. The van der Waals surface area contributed by atoms with Gasteiger partial charge in [-0.05, 0) is 58.8 Å². The van der Waals surface area contributed by atoms with Crippen molar-refractivity contribution in [3.63, 3.8) is 0 Å². The molecule has 0 aliphatic carbocycles. The van der Waals surface area contributed by atoms with Gasteiger partial charge in [0.25, 0.3) is 0 Å². The van der Waals surface area contributed by atoms with E-state index in [0.717, 1.165) is 0 Å². The molecule has 7 nitrogen and oxygen atoms in total. The Morgan fingerprint density at radius 1 is 1.00 bits per heavy atom. The summed E-state index contributed by atoms with van der Waals surface area (Å²) >= 11 is 0. The third-order valence-corrected chi connectivity index (χ3v) is 6.01. The lowest BCUT2D eigenvalue weighted by atomic mass is 9.89. The highest BCUT2D eigenvalue weighted by molar-refractivity contribution is 5.92. The summed E-state index contributed by atoms with van der Waals surface area (Å²) in [5.41, 5.74) is -0.253. The first-order valence-electron chi connectivity index (χ1n) is 12.5. The quantitative estimate of drug-likeness (QED) is 0.297. The summed E-state index contributed by atoms with van der Waals surface area (Å²) in [6.45, 7) is 19.9. The van der Waals surface area contributed by atoms with Gasteiger partial charge in [0.1, 0.15) is 6.04 Å². The van der Waals surface area contributed by atoms with Crippen molar-refractivity contribution in [3.8, 4) is 0 Å². The maximum atomic E-state index is 13.6. The number of amides is 2. The lowest BCUT2D eigenvalue weighted by molar-refractivity contribution is -0.140. The number of nitrogens with zero attached hydrogens (tertiary/aromatic N) is 1. The maximum absolute atomic E-state index is 13.6. The van der Waals surface area contributed by atoms with Gasteiger partial charge >= 0.3 is 5.97 Å². The topological polar surface area (TPSA) is 87.7 Å². The Kier molecular flexibility index (Phi) is 13.6. The highest BCUT2D eigenvalue weighted by Crippen LogP contribution is 2.20. The molecule has 0 aromatic rings. The van der Waals surface area contributed by atoms with Crippen molar-refractivity contribution in [2.75, 3.05) is 13.7 Å². The molecule has 0 saturated carbocycles. The van der Waals surface area contributed by atoms with Crippen LogP contribution in [0.5, 0.6) is 0 Å². The second-order valence-electron chi connectivity index (χ2n) is 10.00. The van der Waals surface area contributed by atoms with E-state index in [1.54, 1.807) is 31.9 Å². The predicted molar refractivity (Wildman–Crippen MR) is 135 cm³/mol. The Morgan fingerprint density at radius 2 is 1.55 bits per heavy atom. The minimum atomic E-state index is -0.722. The Hall–Kier alpha value is -1.89. The van der Waals surface area contributed by atoms with Gasteiger partial charge in [0.2, 0.25) is 11.8 Å². The van der Waals surface area contributed by atoms with E-state index in [0.29, 0.717) is 31.4 Å². The molecule has 0 saturated heterocycles. The number of esters is 1. The number of hydrogen-bond donors (Lipinski definition) is 2. The van der Waals surface area contributed by atoms with Crippen LogP contribution in [0.15, 0.2) is 11.6 Å². The Morgan fingerprint density at radius 3 is 1.94 bits per heavy atom. The van der Waals surface area contributed by atoms with E-state index in [-0.39, 0.29) is 41.7 Å². The summed E-state index contributed by atoms with van der Waals surface area (Å²) in [5.74, 6) is -0.391. The molecule has 0 unspecified atom stereocenters. The summed E-state index contributed by atoms with van der Waals surface area (Å²) in [5, 5.41) is 6.48. The fourth-order valence-electron chi connectivity index (χ4n) is 4.10. The molecule has 0 heterocycles. The first-order valence-corrected chi connectivity index (χ1v) is 12.5. The monoisotopic (exact) mass is 467 g/mol. The normalized spacial score (nSPS) is 14.4. The Balaban J connectivity index is 5.94. The molecular weight excluding hydrogens is 418 g/mol. The van der Waals surface area contributed by atoms with E-state index in [2.05, 4.69) is 10.6 Å². The van der Waals surface area contributed by atoms with Gasteiger partial charge in [-0.15, -0.1) is 0 Å². The van der Waals surface area contributed by atoms with Crippen LogP contribution < -0.4 is 10.6 Å². The molecule has 0 aliphatic heterocycles. The number of carbonyl (C=O) groups excluding carboxylic acids is 3. The van der Waals surface area contributed by atoms with Crippen LogP contribution in [-0.4, -0.2) is 60.0 Å². The first-order chi connectivity index (χ1) is 15.3. The fraction of sp³-hybridized carbons (Fsp3) is 0.808. The number of rotatable bonds is 14. The molecule has 0 aliphatic rings. The highest BCUT2D eigenvalue weighted by Gasteiger charge is 2.38. The van der Waals surface area contributed by atoms with Gasteiger partial charge in [-0.3, -0.25) is 9.59 Å². The van der Waals surface area contributed by atoms with Gasteiger partial charge in [0.05, 0.1) is 18.2 Å². The lowest BCUT2D eigenvalue weighted by Crippen LogP contribution is -2.62. The zero-order chi connectivity index (χ0) is 25.9. The molecular formula is C26H49N3O4. The van der Waals surface area contributed by atoms with Crippen LogP contribution in [0.4, 0.5) is 0 Å². The summed E-state index contributed by atoms with van der Waals surface area (Å²) in [4.78, 5) is 40.8. The van der Waals surface area contributed by atoms with Crippen LogP contribution in [0.1, 0.15) is 88.5 Å². The van der Waals surface area contributed by atoms with Gasteiger partial charge < -0.3 is 20.3 Å². The van der Waals surface area contributed by atoms with Crippen molar-refractivity contribution in [3.05, 3.63) is 11.6 Å². The number of carbonyl (C=O) groups is 3. The second kappa shape index (κ2) is 14.4. The van der Waals surface area contributed by atoms with Crippen molar-refractivity contribution in [2.45, 2.75) is 112 Å². The van der Waals surface area contributed by atoms with Crippen molar-refractivity contribution < 1.29 is 19.1 Å². The van der Waals surface area contributed by atoms with E-state index < -0.39 is 11.6 Å². The standard InChI is InChI=1S/C26H49N3O4/c1-12-26(13-2,28-19(8)9)25(32)27-21(15-17(4)5)23(30)29(11)22(18(6)7)16-20(10)24(31)33-14-3/h16-19,21-22,28H,12-15H2,1-11H3,(H,27,32)/t21-,22+/m0/s1. The van der Waals surface area contributed by atoms with Crippen molar-refractivity contribution in [1.82, 2.24) is 15.5 Å². The zero-order valence-corrected chi connectivity index (χ0v) is 22.9. The second-order valence-corrected chi connectivity index (χ2v) is 10.00. The van der Waals surface area contributed by atoms with Crippen LogP contribution >= 0.6 is 0 Å². The summed E-state index contributed by atoms with van der Waals surface area (Å²) in [7, 11) is 1.74. The van der Waals surface area contributed by atoms with Gasteiger partial charge in [-0.25, -0.2) is 4.79 Å². The van der Waals surface area contributed by atoms with Crippen LogP contribution in [0, 0.1) is 11.8 Å².